The number of anilines is 1. The number of nitrogens with two attached hydrogens (primary N) is 1. The van der Waals surface area contributed by atoms with E-state index in [1.165, 1.54) is 0 Å². The van der Waals surface area contributed by atoms with Crippen molar-refractivity contribution < 1.29 is 9.59 Å². The van der Waals surface area contributed by atoms with Crippen molar-refractivity contribution in [1.82, 2.24) is 10.3 Å². The number of halogens is 2. The van der Waals surface area contributed by atoms with Crippen molar-refractivity contribution in [3.63, 3.8) is 0 Å². The highest BCUT2D eigenvalue weighted by Crippen LogP contribution is 2.24. The second-order valence-electron chi connectivity index (χ2n) is 6.70. The quantitative estimate of drug-likeness (QED) is 0.685. The van der Waals surface area contributed by atoms with E-state index >= 15 is 0 Å². The Labute approximate surface area is 177 Å². The minimum Gasteiger partial charge on any atom is -0.346 e. The third-order valence-corrected chi connectivity index (χ3v) is 4.63. The van der Waals surface area contributed by atoms with Crippen molar-refractivity contribution in [1.29, 1.82) is 0 Å². The molecule has 1 heterocycles. The number of carbonyl (C=O) groups is 2. The van der Waals surface area contributed by atoms with Crippen LogP contribution in [0.25, 0.3) is 0 Å². The number of hydrogen-bond acceptors (Lipinski definition) is 4. The van der Waals surface area contributed by atoms with Crippen LogP contribution in [-0.2, 0) is 11.3 Å². The third kappa shape index (κ3) is 6.78. The Morgan fingerprint density at radius 2 is 1.93 bits per heavy atom. The first-order valence-electron chi connectivity index (χ1n) is 8.96. The van der Waals surface area contributed by atoms with E-state index in [0.29, 0.717) is 17.8 Å². The van der Waals surface area contributed by atoms with E-state index in [-0.39, 0.29) is 48.6 Å². The van der Waals surface area contributed by atoms with Crippen LogP contribution in [0.4, 0.5) is 5.69 Å². The van der Waals surface area contributed by atoms with Crippen molar-refractivity contribution >= 4 is 42.3 Å². The number of nitrogens with one attached hydrogen (secondary N) is 2. The minimum atomic E-state index is -0.202. The summed E-state index contributed by atoms with van der Waals surface area (Å²) in [6.45, 7) is 0.357. The van der Waals surface area contributed by atoms with E-state index in [0.717, 1.165) is 31.4 Å². The van der Waals surface area contributed by atoms with E-state index in [1.807, 2.05) is 18.2 Å². The van der Waals surface area contributed by atoms with Gasteiger partial charge in [0.1, 0.15) is 0 Å². The molecule has 28 heavy (non-hydrogen) atoms. The van der Waals surface area contributed by atoms with Gasteiger partial charge in [-0.15, -0.1) is 24.8 Å². The van der Waals surface area contributed by atoms with Gasteiger partial charge in [0.05, 0.1) is 12.2 Å². The Morgan fingerprint density at radius 1 is 1.11 bits per heavy atom. The largest absolute Gasteiger partial charge is 0.346 e. The molecule has 2 amide bonds. The van der Waals surface area contributed by atoms with E-state index < -0.39 is 0 Å². The number of aromatic nitrogens is 1. The molecule has 1 aromatic heterocycles. The number of rotatable bonds is 5. The second-order valence-corrected chi connectivity index (χ2v) is 6.70. The first kappa shape index (κ1) is 23.9. The monoisotopic (exact) mass is 424 g/mol. The molecule has 1 aliphatic carbocycles. The molecular weight excluding hydrogens is 399 g/mol. The van der Waals surface area contributed by atoms with Crippen LogP contribution in [0.15, 0.2) is 48.7 Å². The predicted molar refractivity (Wildman–Crippen MR) is 115 cm³/mol. The fourth-order valence-electron chi connectivity index (χ4n) is 3.22. The van der Waals surface area contributed by atoms with Crippen LogP contribution < -0.4 is 16.4 Å². The summed E-state index contributed by atoms with van der Waals surface area (Å²) in [5.41, 5.74) is 7.88. The number of benzene rings is 1. The van der Waals surface area contributed by atoms with Gasteiger partial charge < -0.3 is 16.4 Å². The molecule has 3 rings (SSSR count). The topological polar surface area (TPSA) is 97.1 Å². The molecule has 8 heteroatoms. The van der Waals surface area contributed by atoms with Gasteiger partial charge in [0.25, 0.3) is 5.91 Å². The molecular formula is C20H26Cl2N4O2. The molecule has 0 saturated heterocycles. The molecule has 2 atom stereocenters. The summed E-state index contributed by atoms with van der Waals surface area (Å²) < 4.78 is 0. The first-order valence-corrected chi connectivity index (χ1v) is 8.96. The fourth-order valence-corrected chi connectivity index (χ4v) is 3.22. The van der Waals surface area contributed by atoms with E-state index in [4.69, 9.17) is 5.73 Å². The standard InChI is InChI=1S/C20H24N4O2.2ClH/c21-16-7-3-5-14(11-16)20(26)24-17-9-4-6-15(12-17)19(25)23-13-18-8-1-2-10-22-18;;/h1-2,4,6,8-10,12,14,16H,3,5,7,11,13,21H2,(H,23,25)(H,24,26);2*1H. The van der Waals surface area contributed by atoms with Gasteiger partial charge in [0.2, 0.25) is 5.91 Å². The van der Waals surface area contributed by atoms with Crippen LogP contribution in [0.1, 0.15) is 41.7 Å². The van der Waals surface area contributed by atoms with Crippen molar-refractivity contribution in [3.05, 3.63) is 59.9 Å². The summed E-state index contributed by atoms with van der Waals surface area (Å²) >= 11 is 0. The number of carbonyl (C=O) groups excluding carboxylic acids is 2. The Bertz CT molecular complexity index is 774. The van der Waals surface area contributed by atoms with Gasteiger partial charge in [-0.3, -0.25) is 14.6 Å². The molecule has 1 aromatic carbocycles. The van der Waals surface area contributed by atoms with Crippen LogP contribution in [0.2, 0.25) is 0 Å². The van der Waals surface area contributed by atoms with Crippen LogP contribution in [-0.4, -0.2) is 22.8 Å². The van der Waals surface area contributed by atoms with Crippen molar-refractivity contribution in [2.45, 2.75) is 38.3 Å². The Hall–Kier alpha value is -2.15. The van der Waals surface area contributed by atoms with Crippen LogP contribution >= 0.6 is 24.8 Å². The Morgan fingerprint density at radius 3 is 2.64 bits per heavy atom. The van der Waals surface area contributed by atoms with Crippen molar-refractivity contribution in [3.8, 4) is 0 Å². The lowest BCUT2D eigenvalue weighted by molar-refractivity contribution is -0.120. The molecule has 0 aliphatic heterocycles. The summed E-state index contributed by atoms with van der Waals surface area (Å²) in [5.74, 6) is -0.280. The zero-order chi connectivity index (χ0) is 18.4. The summed E-state index contributed by atoms with van der Waals surface area (Å²) in [4.78, 5) is 28.9. The van der Waals surface area contributed by atoms with Gasteiger partial charge in [0, 0.05) is 29.4 Å². The fraction of sp³-hybridized carbons (Fsp3) is 0.350. The third-order valence-electron chi connectivity index (χ3n) is 4.63. The van der Waals surface area contributed by atoms with Gasteiger partial charge in [-0.1, -0.05) is 18.6 Å². The highest BCUT2D eigenvalue weighted by molar-refractivity contribution is 5.97. The highest BCUT2D eigenvalue weighted by Gasteiger charge is 2.25. The summed E-state index contributed by atoms with van der Waals surface area (Å²) in [6, 6.07) is 12.6. The van der Waals surface area contributed by atoms with Crippen molar-refractivity contribution in [2.24, 2.45) is 11.7 Å². The van der Waals surface area contributed by atoms with Gasteiger partial charge >= 0.3 is 0 Å². The summed E-state index contributed by atoms with van der Waals surface area (Å²) in [7, 11) is 0. The van der Waals surface area contributed by atoms with Gasteiger partial charge in [-0.25, -0.2) is 0 Å². The molecule has 1 fully saturated rings. The molecule has 0 bridgehead atoms. The van der Waals surface area contributed by atoms with Gasteiger partial charge in [-0.05, 0) is 49.6 Å². The van der Waals surface area contributed by atoms with Crippen molar-refractivity contribution in [2.75, 3.05) is 5.32 Å². The molecule has 1 saturated carbocycles. The molecule has 2 aromatic rings. The molecule has 152 valence electrons. The lowest BCUT2D eigenvalue weighted by Gasteiger charge is -2.25. The maximum absolute atomic E-state index is 12.4. The van der Waals surface area contributed by atoms with E-state index in [2.05, 4.69) is 15.6 Å². The number of amides is 2. The maximum atomic E-state index is 12.4. The zero-order valence-electron chi connectivity index (χ0n) is 15.5. The Balaban J connectivity index is 0.00000196. The molecule has 6 nitrogen and oxygen atoms in total. The van der Waals surface area contributed by atoms with Crippen LogP contribution in [0.5, 0.6) is 0 Å². The Kier molecular flexibility index (Phi) is 9.93. The number of pyridine rings is 1. The van der Waals surface area contributed by atoms with Crippen LogP contribution in [0, 0.1) is 5.92 Å². The normalized spacial score (nSPS) is 18.2. The zero-order valence-corrected chi connectivity index (χ0v) is 17.1. The molecule has 2 unspecified atom stereocenters. The van der Waals surface area contributed by atoms with E-state index in [1.54, 1.807) is 30.5 Å². The summed E-state index contributed by atoms with van der Waals surface area (Å²) in [6.07, 6.45) is 5.24. The van der Waals surface area contributed by atoms with E-state index in [9.17, 15) is 9.59 Å². The lowest BCUT2D eigenvalue weighted by Crippen LogP contribution is -2.34. The second kappa shape index (κ2) is 11.6. The lowest BCUT2D eigenvalue weighted by atomic mass is 9.85. The predicted octanol–water partition coefficient (Wildman–Crippen LogP) is 3.31. The number of hydrogen-bond donors (Lipinski definition) is 3. The van der Waals surface area contributed by atoms with Gasteiger partial charge in [-0.2, -0.15) is 0 Å². The van der Waals surface area contributed by atoms with Gasteiger partial charge in [0.15, 0.2) is 0 Å². The minimum absolute atomic E-state index is 0. The average Bonchev–Trinajstić information content (AvgIpc) is 2.67. The molecule has 0 radical (unpaired) electrons. The molecule has 4 N–H and O–H groups in total. The van der Waals surface area contributed by atoms with Crippen LogP contribution in [0.3, 0.4) is 0 Å². The average molecular weight is 425 g/mol. The first-order chi connectivity index (χ1) is 12.6. The SMILES string of the molecule is Cl.Cl.NC1CCCC(C(=O)Nc2cccc(C(=O)NCc3ccccn3)c2)C1. The smallest absolute Gasteiger partial charge is 0.251 e. The molecule has 1 aliphatic rings. The number of nitrogens with zero attached hydrogens (tertiary/aromatic N) is 1. The highest BCUT2D eigenvalue weighted by atomic mass is 35.5. The molecule has 0 spiro atoms. The maximum Gasteiger partial charge on any atom is 0.251 e. The summed E-state index contributed by atoms with van der Waals surface area (Å²) in [5, 5.41) is 5.75.